The Morgan fingerprint density at radius 2 is 1.88 bits per heavy atom. The van der Waals surface area contributed by atoms with E-state index in [2.05, 4.69) is 20.4 Å². The van der Waals surface area contributed by atoms with Crippen LogP contribution in [0, 0.1) is 0 Å². The Bertz CT molecular complexity index is 1040. The molecule has 0 atom stereocenters. The molecule has 0 spiro atoms. The number of halogens is 1. The first-order valence-corrected chi connectivity index (χ1v) is 8.70. The second-order valence-electron chi connectivity index (χ2n) is 5.32. The monoisotopic (exact) mass is 369 g/mol. The first-order valence-electron chi connectivity index (χ1n) is 7.45. The van der Waals surface area contributed by atoms with Crippen LogP contribution in [0.4, 0.5) is 10.8 Å². The Morgan fingerprint density at radius 1 is 1.08 bits per heavy atom. The number of azo groups is 1. The second kappa shape index (κ2) is 6.62. The van der Waals surface area contributed by atoms with Crippen molar-refractivity contribution in [2.24, 2.45) is 10.2 Å². The molecule has 0 aliphatic carbocycles. The Morgan fingerprint density at radius 3 is 2.64 bits per heavy atom. The molecule has 0 unspecified atom stereocenters. The second-order valence-corrected chi connectivity index (χ2v) is 6.57. The number of benzene rings is 2. The molecular weight excluding hydrogens is 358 g/mol. The van der Waals surface area contributed by atoms with E-state index in [4.69, 9.17) is 11.6 Å². The third-order valence-electron chi connectivity index (χ3n) is 3.76. The zero-order chi connectivity index (χ0) is 17.2. The molecule has 0 bridgehead atoms. The van der Waals surface area contributed by atoms with E-state index in [-0.39, 0.29) is 5.88 Å². The Balaban J connectivity index is 1.79. The summed E-state index contributed by atoms with van der Waals surface area (Å²) in [7, 11) is 0. The van der Waals surface area contributed by atoms with E-state index in [0.29, 0.717) is 22.4 Å². The van der Waals surface area contributed by atoms with Crippen LogP contribution in [0.25, 0.3) is 10.9 Å². The number of para-hydroxylation sites is 1. The lowest BCUT2D eigenvalue weighted by atomic mass is 10.2. The van der Waals surface area contributed by atoms with Gasteiger partial charge in [0.05, 0.1) is 12.1 Å². The fourth-order valence-corrected chi connectivity index (χ4v) is 3.10. The first kappa shape index (κ1) is 15.7. The number of aromatic nitrogens is 3. The Hall–Kier alpha value is -2.77. The maximum atomic E-state index is 10.7. The van der Waals surface area contributed by atoms with Gasteiger partial charge in [0.2, 0.25) is 5.88 Å². The molecule has 0 aliphatic heterocycles. The van der Waals surface area contributed by atoms with E-state index in [0.717, 1.165) is 16.5 Å². The quantitative estimate of drug-likeness (QED) is 0.495. The van der Waals surface area contributed by atoms with Crippen molar-refractivity contribution >= 4 is 44.7 Å². The summed E-state index contributed by atoms with van der Waals surface area (Å²) in [5, 5.41) is 28.5. The van der Waals surface area contributed by atoms with Crippen LogP contribution in [0.15, 0.2) is 64.3 Å². The Kier molecular flexibility index (Phi) is 4.17. The van der Waals surface area contributed by atoms with Gasteiger partial charge in [-0.1, -0.05) is 53.3 Å². The molecule has 2 heterocycles. The number of hydrogen-bond donors (Lipinski definition) is 1. The summed E-state index contributed by atoms with van der Waals surface area (Å²) in [6.45, 7) is 0.498. The molecule has 4 rings (SSSR count). The summed E-state index contributed by atoms with van der Waals surface area (Å²) in [6, 6.07) is 15.2. The number of rotatable bonds is 4. The minimum Gasteiger partial charge on any atom is -0.493 e. The summed E-state index contributed by atoms with van der Waals surface area (Å²) in [4.78, 5) is 0. The van der Waals surface area contributed by atoms with E-state index < -0.39 is 0 Å². The number of fused-ring (bicyclic) bond motifs is 1. The molecule has 25 heavy (non-hydrogen) atoms. The topological polar surface area (TPSA) is 75.7 Å². The molecule has 0 amide bonds. The van der Waals surface area contributed by atoms with E-state index in [1.54, 1.807) is 10.1 Å². The van der Waals surface area contributed by atoms with Crippen molar-refractivity contribution < 1.29 is 5.11 Å². The number of nitrogens with zero attached hydrogens (tertiary/aromatic N) is 5. The van der Waals surface area contributed by atoms with Gasteiger partial charge < -0.3 is 9.67 Å². The lowest BCUT2D eigenvalue weighted by molar-refractivity contribution is 0.429. The van der Waals surface area contributed by atoms with Crippen LogP contribution >= 0.6 is 22.9 Å². The standard InChI is InChI=1S/C17H12ClN5OS/c18-12-7-5-11(6-8-12)9-23-14-4-2-1-3-13(14)15(16(23)24)20-22-17-21-19-10-25-17/h1-8,10,24H,9H2. The van der Waals surface area contributed by atoms with Crippen molar-refractivity contribution in [2.45, 2.75) is 6.54 Å². The maximum absolute atomic E-state index is 10.7. The summed E-state index contributed by atoms with van der Waals surface area (Å²) in [5.41, 5.74) is 3.90. The van der Waals surface area contributed by atoms with Gasteiger partial charge in [-0.3, -0.25) is 0 Å². The molecule has 0 fully saturated rings. The minimum absolute atomic E-state index is 0.0596. The summed E-state index contributed by atoms with van der Waals surface area (Å²) in [6.07, 6.45) is 0. The average Bonchev–Trinajstić information content (AvgIpc) is 3.23. The van der Waals surface area contributed by atoms with Gasteiger partial charge in [-0.05, 0) is 23.8 Å². The smallest absolute Gasteiger partial charge is 0.251 e. The van der Waals surface area contributed by atoms with E-state index in [1.165, 1.54) is 11.3 Å². The summed E-state index contributed by atoms with van der Waals surface area (Å²) >= 11 is 7.22. The number of hydrogen-bond acceptors (Lipinski definition) is 6. The molecule has 6 nitrogen and oxygen atoms in total. The highest BCUT2D eigenvalue weighted by atomic mass is 35.5. The molecule has 124 valence electrons. The third-order valence-corrected chi connectivity index (χ3v) is 4.58. The molecule has 2 aromatic carbocycles. The van der Waals surface area contributed by atoms with Gasteiger partial charge >= 0.3 is 0 Å². The number of aromatic hydroxyl groups is 1. The lowest BCUT2D eigenvalue weighted by Crippen LogP contribution is -1.98. The van der Waals surface area contributed by atoms with Crippen LogP contribution in [0.3, 0.4) is 0 Å². The van der Waals surface area contributed by atoms with Gasteiger partial charge in [-0.25, -0.2) is 0 Å². The normalized spacial score (nSPS) is 11.6. The molecule has 0 radical (unpaired) electrons. The van der Waals surface area contributed by atoms with Crippen molar-refractivity contribution in [2.75, 3.05) is 0 Å². The Labute approximate surface area is 152 Å². The maximum Gasteiger partial charge on any atom is 0.251 e. The van der Waals surface area contributed by atoms with E-state index in [9.17, 15) is 5.11 Å². The van der Waals surface area contributed by atoms with Crippen molar-refractivity contribution in [3.05, 3.63) is 64.6 Å². The highest BCUT2D eigenvalue weighted by Crippen LogP contribution is 2.39. The van der Waals surface area contributed by atoms with E-state index >= 15 is 0 Å². The highest BCUT2D eigenvalue weighted by Gasteiger charge is 2.16. The van der Waals surface area contributed by atoms with Crippen LogP contribution in [0.5, 0.6) is 5.88 Å². The molecule has 0 aliphatic rings. The van der Waals surface area contributed by atoms with Gasteiger partial charge in [0.1, 0.15) is 5.51 Å². The van der Waals surface area contributed by atoms with Crippen LogP contribution in [0.2, 0.25) is 5.02 Å². The molecule has 1 N–H and O–H groups in total. The predicted octanol–water partition coefficient (Wildman–Crippen LogP) is 5.32. The van der Waals surface area contributed by atoms with Crippen molar-refractivity contribution in [1.82, 2.24) is 14.8 Å². The minimum atomic E-state index is 0.0596. The van der Waals surface area contributed by atoms with Crippen LogP contribution in [-0.2, 0) is 6.54 Å². The molecular formula is C17H12ClN5OS. The van der Waals surface area contributed by atoms with Crippen LogP contribution in [-0.4, -0.2) is 19.9 Å². The van der Waals surface area contributed by atoms with Gasteiger partial charge in [0.25, 0.3) is 5.13 Å². The molecule has 2 aromatic heterocycles. The van der Waals surface area contributed by atoms with Gasteiger partial charge in [0.15, 0.2) is 5.69 Å². The average molecular weight is 370 g/mol. The molecule has 4 aromatic rings. The van der Waals surface area contributed by atoms with Crippen molar-refractivity contribution in [1.29, 1.82) is 0 Å². The summed E-state index contributed by atoms with van der Waals surface area (Å²) < 4.78 is 1.80. The largest absolute Gasteiger partial charge is 0.493 e. The molecule has 0 saturated heterocycles. The fraction of sp³-hybridized carbons (Fsp3) is 0.0588. The SMILES string of the molecule is Oc1c(N=Nc2nncs2)c2ccccc2n1Cc1ccc(Cl)cc1. The van der Waals surface area contributed by atoms with Gasteiger partial charge in [-0.15, -0.1) is 20.4 Å². The highest BCUT2D eigenvalue weighted by molar-refractivity contribution is 7.13. The van der Waals surface area contributed by atoms with Crippen LogP contribution < -0.4 is 0 Å². The summed E-state index contributed by atoms with van der Waals surface area (Å²) in [5.74, 6) is 0.0596. The van der Waals surface area contributed by atoms with Crippen molar-refractivity contribution in [3.8, 4) is 5.88 Å². The van der Waals surface area contributed by atoms with Gasteiger partial charge in [-0.2, -0.15) is 0 Å². The van der Waals surface area contributed by atoms with Gasteiger partial charge in [0, 0.05) is 10.4 Å². The third kappa shape index (κ3) is 3.11. The molecule has 0 saturated carbocycles. The van der Waals surface area contributed by atoms with E-state index in [1.807, 2.05) is 48.5 Å². The lowest BCUT2D eigenvalue weighted by Gasteiger charge is -2.07. The molecule has 8 heteroatoms. The predicted molar refractivity (Wildman–Crippen MR) is 98.2 cm³/mol. The van der Waals surface area contributed by atoms with Crippen molar-refractivity contribution in [3.63, 3.8) is 0 Å². The van der Waals surface area contributed by atoms with Crippen LogP contribution in [0.1, 0.15) is 5.56 Å². The fourth-order valence-electron chi connectivity index (χ4n) is 2.61. The first-order chi connectivity index (χ1) is 12.2. The zero-order valence-corrected chi connectivity index (χ0v) is 14.4. The zero-order valence-electron chi connectivity index (χ0n) is 12.9.